The predicted octanol–water partition coefficient (Wildman–Crippen LogP) is 4.42. The van der Waals surface area contributed by atoms with Crippen molar-refractivity contribution < 1.29 is 0 Å². The van der Waals surface area contributed by atoms with Gasteiger partial charge in [-0.05, 0) is 54.1 Å². The first-order chi connectivity index (χ1) is 10.8. The van der Waals surface area contributed by atoms with Crippen molar-refractivity contribution >= 4 is 28.7 Å². The molecule has 1 atom stereocenters. The molecule has 1 heterocycles. The van der Waals surface area contributed by atoms with Crippen molar-refractivity contribution in [3.8, 4) is 0 Å². The summed E-state index contributed by atoms with van der Waals surface area (Å²) in [5.41, 5.74) is 2.66. The monoisotopic (exact) mass is 330 g/mol. The van der Waals surface area contributed by atoms with E-state index in [1.54, 1.807) is 11.3 Å². The Bertz CT molecular complexity index is 601. The van der Waals surface area contributed by atoms with E-state index in [1.165, 1.54) is 35.3 Å². The highest BCUT2D eigenvalue weighted by molar-refractivity contribution is 7.80. The normalized spacial score (nSPS) is 15.3. The highest BCUT2D eigenvalue weighted by atomic mass is 32.1. The number of thiophene rings is 1. The summed E-state index contributed by atoms with van der Waals surface area (Å²) in [5.74, 6) is 0. The first-order valence-electron chi connectivity index (χ1n) is 7.95. The Morgan fingerprint density at radius 2 is 2.05 bits per heavy atom. The van der Waals surface area contributed by atoms with E-state index in [2.05, 4.69) is 59.3 Å². The Kier molecular flexibility index (Phi) is 5.11. The molecule has 1 saturated carbocycles. The van der Waals surface area contributed by atoms with Gasteiger partial charge in [-0.1, -0.05) is 43.7 Å². The Morgan fingerprint density at radius 3 is 2.64 bits per heavy atom. The molecule has 2 N–H and O–H groups in total. The van der Waals surface area contributed by atoms with E-state index in [0.717, 1.165) is 11.5 Å². The molecule has 1 aliphatic rings. The molecule has 0 bridgehead atoms. The zero-order valence-corrected chi connectivity index (χ0v) is 14.5. The van der Waals surface area contributed by atoms with Gasteiger partial charge < -0.3 is 10.6 Å². The molecule has 0 saturated heterocycles. The lowest BCUT2D eigenvalue weighted by Crippen LogP contribution is -2.39. The highest BCUT2D eigenvalue weighted by Crippen LogP contribution is 2.27. The van der Waals surface area contributed by atoms with Gasteiger partial charge in [-0.3, -0.25) is 0 Å². The van der Waals surface area contributed by atoms with Crippen LogP contribution in [0.15, 0.2) is 41.8 Å². The van der Waals surface area contributed by atoms with Crippen LogP contribution in [0.2, 0.25) is 0 Å². The molecule has 0 spiro atoms. The van der Waals surface area contributed by atoms with E-state index in [1.807, 2.05) is 0 Å². The van der Waals surface area contributed by atoms with E-state index < -0.39 is 0 Å². The maximum Gasteiger partial charge on any atom is 0.167 e. The van der Waals surface area contributed by atoms with Crippen LogP contribution < -0.4 is 10.6 Å². The van der Waals surface area contributed by atoms with Gasteiger partial charge >= 0.3 is 0 Å². The third-order valence-electron chi connectivity index (χ3n) is 3.87. The zero-order valence-electron chi connectivity index (χ0n) is 12.8. The summed E-state index contributed by atoms with van der Waals surface area (Å²) in [6.07, 6.45) is 4.79. The van der Waals surface area contributed by atoms with Crippen LogP contribution in [-0.4, -0.2) is 11.2 Å². The van der Waals surface area contributed by atoms with Gasteiger partial charge in [-0.25, -0.2) is 0 Å². The first-order valence-corrected chi connectivity index (χ1v) is 9.24. The van der Waals surface area contributed by atoms with E-state index in [-0.39, 0.29) is 6.04 Å². The molecule has 4 heteroatoms. The van der Waals surface area contributed by atoms with Crippen LogP contribution in [0.25, 0.3) is 0 Å². The zero-order chi connectivity index (χ0) is 15.4. The molecule has 116 valence electrons. The summed E-state index contributed by atoms with van der Waals surface area (Å²) in [6, 6.07) is 13.9. The fourth-order valence-electron chi connectivity index (χ4n) is 2.53. The largest absolute Gasteiger partial charge is 0.360 e. The van der Waals surface area contributed by atoms with Gasteiger partial charge in [0, 0.05) is 10.9 Å². The van der Waals surface area contributed by atoms with Crippen molar-refractivity contribution in [2.75, 3.05) is 0 Å². The third kappa shape index (κ3) is 4.08. The van der Waals surface area contributed by atoms with Crippen LogP contribution >= 0.6 is 23.6 Å². The van der Waals surface area contributed by atoms with Crippen molar-refractivity contribution in [3.05, 3.63) is 57.8 Å². The molecule has 2 nitrogen and oxygen atoms in total. The van der Waals surface area contributed by atoms with E-state index in [0.29, 0.717) is 6.04 Å². The molecular weight excluding hydrogens is 308 g/mol. The number of aryl methyl sites for hydroxylation is 1. The van der Waals surface area contributed by atoms with Crippen molar-refractivity contribution in [1.29, 1.82) is 0 Å². The third-order valence-corrected chi connectivity index (χ3v) is 5.04. The molecule has 0 aliphatic heterocycles. The quantitative estimate of drug-likeness (QED) is 0.767. The smallest absolute Gasteiger partial charge is 0.167 e. The second-order valence-corrected chi connectivity index (χ2v) is 7.22. The fourth-order valence-corrected chi connectivity index (χ4v) is 3.61. The number of rotatable bonds is 6. The molecular formula is C18H22N2S2. The SMILES string of the molecule is CCCc1ccc([C@H](NC(=S)NC2CC2)c2cccs2)cc1. The van der Waals surface area contributed by atoms with Crippen LogP contribution in [0, 0.1) is 0 Å². The number of nitrogens with one attached hydrogen (secondary N) is 2. The van der Waals surface area contributed by atoms with E-state index in [4.69, 9.17) is 12.2 Å². The van der Waals surface area contributed by atoms with Gasteiger partial charge in [0.05, 0.1) is 6.04 Å². The minimum atomic E-state index is 0.134. The number of benzene rings is 1. The predicted molar refractivity (Wildman–Crippen MR) is 98.5 cm³/mol. The van der Waals surface area contributed by atoms with Crippen molar-refractivity contribution in [2.45, 2.75) is 44.7 Å². The number of hydrogen-bond donors (Lipinski definition) is 2. The lowest BCUT2D eigenvalue weighted by atomic mass is 10.0. The van der Waals surface area contributed by atoms with Gasteiger partial charge in [0.25, 0.3) is 0 Å². The molecule has 1 fully saturated rings. The molecule has 1 aliphatic carbocycles. The first kappa shape index (κ1) is 15.5. The number of hydrogen-bond acceptors (Lipinski definition) is 2. The summed E-state index contributed by atoms with van der Waals surface area (Å²) < 4.78 is 0. The summed E-state index contributed by atoms with van der Waals surface area (Å²) in [4.78, 5) is 1.29. The van der Waals surface area contributed by atoms with Crippen molar-refractivity contribution in [2.24, 2.45) is 0 Å². The van der Waals surface area contributed by atoms with Crippen LogP contribution in [0.5, 0.6) is 0 Å². The topological polar surface area (TPSA) is 24.1 Å². The van der Waals surface area contributed by atoms with Crippen LogP contribution in [-0.2, 0) is 6.42 Å². The van der Waals surface area contributed by atoms with Gasteiger partial charge in [0.15, 0.2) is 5.11 Å². The summed E-state index contributed by atoms with van der Waals surface area (Å²) in [7, 11) is 0. The lowest BCUT2D eigenvalue weighted by molar-refractivity contribution is 0.745. The van der Waals surface area contributed by atoms with Crippen LogP contribution in [0.4, 0.5) is 0 Å². The van der Waals surface area contributed by atoms with Gasteiger partial charge in [-0.2, -0.15) is 0 Å². The maximum absolute atomic E-state index is 5.47. The molecule has 0 amide bonds. The second-order valence-electron chi connectivity index (χ2n) is 5.83. The Balaban J connectivity index is 1.76. The molecule has 3 rings (SSSR count). The molecule has 22 heavy (non-hydrogen) atoms. The fraction of sp³-hybridized carbons (Fsp3) is 0.389. The maximum atomic E-state index is 5.47. The standard InChI is InChI=1S/C18H22N2S2/c1-2-4-13-6-8-14(9-7-13)17(16-5-3-12-22-16)20-18(21)19-15-10-11-15/h3,5-9,12,15,17H,2,4,10-11H2,1H3,(H2,19,20,21)/t17-/m0/s1. The average Bonchev–Trinajstić information content (AvgIpc) is 3.16. The molecule has 2 aromatic rings. The minimum Gasteiger partial charge on any atom is -0.360 e. The lowest BCUT2D eigenvalue weighted by Gasteiger charge is -2.20. The molecule has 1 aromatic heterocycles. The van der Waals surface area contributed by atoms with Crippen LogP contribution in [0.1, 0.15) is 48.2 Å². The average molecular weight is 331 g/mol. The summed E-state index contributed by atoms with van der Waals surface area (Å²) >= 11 is 7.24. The summed E-state index contributed by atoms with van der Waals surface area (Å²) in [5, 5.41) is 9.74. The summed E-state index contributed by atoms with van der Waals surface area (Å²) in [6.45, 7) is 2.21. The highest BCUT2D eigenvalue weighted by Gasteiger charge is 2.23. The Labute approximate surface area is 142 Å². The van der Waals surface area contributed by atoms with Gasteiger partial charge in [-0.15, -0.1) is 11.3 Å². The Hall–Kier alpha value is -1.39. The van der Waals surface area contributed by atoms with Gasteiger partial charge in [0.1, 0.15) is 0 Å². The molecule has 1 aromatic carbocycles. The molecule has 0 radical (unpaired) electrons. The number of thiocarbonyl (C=S) groups is 1. The van der Waals surface area contributed by atoms with Crippen molar-refractivity contribution in [3.63, 3.8) is 0 Å². The van der Waals surface area contributed by atoms with E-state index in [9.17, 15) is 0 Å². The molecule has 0 unspecified atom stereocenters. The Morgan fingerprint density at radius 1 is 1.27 bits per heavy atom. The van der Waals surface area contributed by atoms with E-state index >= 15 is 0 Å². The van der Waals surface area contributed by atoms with Gasteiger partial charge in [0.2, 0.25) is 0 Å². The minimum absolute atomic E-state index is 0.134. The second kappa shape index (κ2) is 7.25. The van der Waals surface area contributed by atoms with Crippen LogP contribution in [0.3, 0.4) is 0 Å². The van der Waals surface area contributed by atoms with Crippen molar-refractivity contribution in [1.82, 2.24) is 10.6 Å².